The topological polar surface area (TPSA) is 75.6 Å². The largest absolute Gasteiger partial charge is 0.480 e. The van der Waals surface area contributed by atoms with E-state index in [9.17, 15) is 9.59 Å². The number of hydrogen-bond acceptors (Lipinski definition) is 3. The van der Waals surface area contributed by atoms with Crippen molar-refractivity contribution in [2.24, 2.45) is 5.41 Å². The lowest BCUT2D eigenvalue weighted by atomic mass is 9.88. The molecule has 106 valence electrons. The third kappa shape index (κ3) is 8.98. The quantitative estimate of drug-likeness (QED) is 0.731. The fourth-order valence-corrected chi connectivity index (χ4v) is 1.31. The first-order chi connectivity index (χ1) is 8.11. The number of ether oxygens (including phenoxy) is 1. The molecule has 5 heteroatoms. The summed E-state index contributed by atoms with van der Waals surface area (Å²) in [6, 6.07) is -0.840. The Labute approximate surface area is 109 Å². The Morgan fingerprint density at radius 2 is 1.83 bits per heavy atom. The number of carbonyl (C=O) groups is 2. The zero-order valence-electron chi connectivity index (χ0n) is 11.9. The number of carboxylic acids is 1. The summed E-state index contributed by atoms with van der Waals surface area (Å²) >= 11 is 0. The van der Waals surface area contributed by atoms with Gasteiger partial charge in [0, 0.05) is 0 Å². The molecule has 0 saturated heterocycles. The molecule has 0 rings (SSSR count). The summed E-state index contributed by atoms with van der Waals surface area (Å²) in [5.74, 6) is -1.39. The van der Waals surface area contributed by atoms with E-state index in [1.165, 1.54) is 0 Å². The van der Waals surface area contributed by atoms with Gasteiger partial charge in [0.1, 0.15) is 12.6 Å². The zero-order chi connectivity index (χ0) is 14.3. The van der Waals surface area contributed by atoms with E-state index in [1.54, 1.807) is 0 Å². The summed E-state index contributed by atoms with van der Waals surface area (Å²) in [6.45, 7) is 9.65. The second kappa shape index (κ2) is 7.36. The van der Waals surface area contributed by atoms with Crippen molar-refractivity contribution in [3.8, 4) is 0 Å². The molecular formula is C13H25NO4. The van der Waals surface area contributed by atoms with Crippen LogP contribution in [-0.2, 0) is 14.3 Å². The van der Waals surface area contributed by atoms with Gasteiger partial charge in [0.15, 0.2) is 0 Å². The second-order valence-electron chi connectivity index (χ2n) is 5.92. The van der Waals surface area contributed by atoms with Gasteiger partial charge in [-0.3, -0.25) is 4.79 Å². The van der Waals surface area contributed by atoms with Gasteiger partial charge in [-0.05, 0) is 32.1 Å². The molecule has 1 unspecified atom stereocenters. The van der Waals surface area contributed by atoms with Crippen LogP contribution < -0.4 is 5.32 Å². The standard InChI is InChI=1S/C13H25NO4/c1-9(2)18-8-11(15)14-10(12(16)17)6-7-13(3,4)5/h9-10H,6-8H2,1-5H3,(H,14,15)(H,16,17). The lowest BCUT2D eigenvalue weighted by Crippen LogP contribution is -2.43. The maximum atomic E-state index is 11.5. The lowest BCUT2D eigenvalue weighted by molar-refractivity contribution is -0.143. The van der Waals surface area contributed by atoms with E-state index in [-0.39, 0.29) is 24.0 Å². The van der Waals surface area contributed by atoms with E-state index >= 15 is 0 Å². The number of amides is 1. The molecule has 2 N–H and O–H groups in total. The fourth-order valence-electron chi connectivity index (χ4n) is 1.31. The zero-order valence-corrected chi connectivity index (χ0v) is 11.9. The first-order valence-electron chi connectivity index (χ1n) is 6.25. The Morgan fingerprint density at radius 1 is 1.28 bits per heavy atom. The van der Waals surface area contributed by atoms with Crippen molar-refractivity contribution in [3.05, 3.63) is 0 Å². The summed E-state index contributed by atoms with van der Waals surface area (Å²) in [7, 11) is 0. The van der Waals surface area contributed by atoms with E-state index in [0.29, 0.717) is 6.42 Å². The Hall–Kier alpha value is -1.10. The summed E-state index contributed by atoms with van der Waals surface area (Å²) in [6.07, 6.45) is 1.11. The Balaban J connectivity index is 4.19. The van der Waals surface area contributed by atoms with E-state index in [4.69, 9.17) is 9.84 Å². The van der Waals surface area contributed by atoms with Gasteiger partial charge in [0.05, 0.1) is 6.10 Å². The molecule has 0 aromatic rings. The minimum absolute atomic E-state index is 0.0476. The molecule has 0 aliphatic carbocycles. The summed E-state index contributed by atoms with van der Waals surface area (Å²) in [5.41, 5.74) is 0.0485. The highest BCUT2D eigenvalue weighted by molar-refractivity contribution is 5.84. The molecule has 0 fully saturated rings. The van der Waals surface area contributed by atoms with Crippen LogP contribution in [0.1, 0.15) is 47.5 Å². The lowest BCUT2D eigenvalue weighted by Gasteiger charge is -2.21. The van der Waals surface area contributed by atoms with Crippen LogP contribution in [-0.4, -0.2) is 35.7 Å². The Kier molecular flexibility index (Phi) is 6.91. The Bertz CT molecular complexity index is 281. The molecule has 0 aliphatic heterocycles. The van der Waals surface area contributed by atoms with Crippen LogP contribution in [0, 0.1) is 5.41 Å². The summed E-state index contributed by atoms with van der Waals surface area (Å²) in [4.78, 5) is 22.5. The molecule has 0 bridgehead atoms. The van der Waals surface area contributed by atoms with Gasteiger partial charge in [0.2, 0.25) is 5.91 Å². The maximum absolute atomic E-state index is 11.5. The molecule has 18 heavy (non-hydrogen) atoms. The molecule has 0 aromatic carbocycles. The highest BCUT2D eigenvalue weighted by Gasteiger charge is 2.22. The number of hydrogen-bond donors (Lipinski definition) is 2. The number of carbonyl (C=O) groups excluding carboxylic acids is 1. The number of nitrogens with one attached hydrogen (secondary N) is 1. The first kappa shape index (κ1) is 16.9. The van der Waals surface area contributed by atoms with Gasteiger partial charge in [0.25, 0.3) is 0 Å². The van der Waals surface area contributed by atoms with Crippen molar-refractivity contribution in [1.29, 1.82) is 0 Å². The molecule has 1 atom stereocenters. The smallest absolute Gasteiger partial charge is 0.326 e. The Morgan fingerprint density at radius 3 is 2.22 bits per heavy atom. The minimum atomic E-state index is -1.00. The van der Waals surface area contributed by atoms with Crippen LogP contribution in [0.3, 0.4) is 0 Å². The predicted molar refractivity (Wildman–Crippen MR) is 69.3 cm³/mol. The molecule has 0 radical (unpaired) electrons. The molecule has 0 heterocycles. The van der Waals surface area contributed by atoms with E-state index < -0.39 is 12.0 Å². The van der Waals surface area contributed by atoms with Gasteiger partial charge in [-0.1, -0.05) is 20.8 Å². The van der Waals surface area contributed by atoms with Gasteiger partial charge in [-0.2, -0.15) is 0 Å². The van der Waals surface area contributed by atoms with Gasteiger partial charge in [-0.15, -0.1) is 0 Å². The van der Waals surface area contributed by atoms with Crippen molar-refractivity contribution in [2.45, 2.75) is 59.6 Å². The molecule has 1 amide bonds. The fraction of sp³-hybridized carbons (Fsp3) is 0.846. The predicted octanol–water partition coefficient (Wildman–Crippen LogP) is 1.81. The number of aliphatic carboxylic acids is 1. The highest BCUT2D eigenvalue weighted by atomic mass is 16.5. The van der Waals surface area contributed by atoms with Gasteiger partial charge < -0.3 is 15.2 Å². The normalized spacial score (nSPS) is 13.4. The number of carboxylic acid groups (broad SMARTS) is 1. The van der Waals surface area contributed by atoms with Crippen LogP contribution in [0.15, 0.2) is 0 Å². The molecular weight excluding hydrogens is 234 g/mol. The third-order valence-corrected chi connectivity index (χ3v) is 2.36. The molecule has 0 aliphatic rings. The highest BCUT2D eigenvalue weighted by Crippen LogP contribution is 2.21. The van der Waals surface area contributed by atoms with E-state index in [2.05, 4.69) is 5.32 Å². The van der Waals surface area contributed by atoms with Crippen molar-refractivity contribution in [3.63, 3.8) is 0 Å². The van der Waals surface area contributed by atoms with Crippen molar-refractivity contribution in [2.75, 3.05) is 6.61 Å². The molecule has 0 aromatic heterocycles. The van der Waals surface area contributed by atoms with Crippen LogP contribution in [0.4, 0.5) is 0 Å². The SMILES string of the molecule is CC(C)OCC(=O)NC(CCC(C)(C)C)C(=O)O. The van der Waals surface area contributed by atoms with Crippen molar-refractivity contribution in [1.82, 2.24) is 5.32 Å². The average Bonchev–Trinajstić information content (AvgIpc) is 2.19. The maximum Gasteiger partial charge on any atom is 0.326 e. The second-order valence-corrected chi connectivity index (χ2v) is 5.92. The van der Waals surface area contributed by atoms with Crippen molar-refractivity contribution < 1.29 is 19.4 Å². The van der Waals surface area contributed by atoms with E-state index in [1.807, 2.05) is 34.6 Å². The third-order valence-electron chi connectivity index (χ3n) is 2.36. The molecule has 0 saturated carbocycles. The van der Waals surface area contributed by atoms with Crippen LogP contribution in [0.2, 0.25) is 0 Å². The minimum Gasteiger partial charge on any atom is -0.480 e. The van der Waals surface area contributed by atoms with Crippen LogP contribution in [0.5, 0.6) is 0 Å². The van der Waals surface area contributed by atoms with Crippen LogP contribution in [0.25, 0.3) is 0 Å². The molecule has 0 spiro atoms. The average molecular weight is 259 g/mol. The van der Waals surface area contributed by atoms with E-state index in [0.717, 1.165) is 6.42 Å². The van der Waals surface area contributed by atoms with Crippen LogP contribution >= 0.6 is 0 Å². The summed E-state index contributed by atoms with van der Waals surface area (Å²) < 4.78 is 5.12. The number of rotatable bonds is 7. The van der Waals surface area contributed by atoms with Crippen molar-refractivity contribution >= 4 is 11.9 Å². The van der Waals surface area contributed by atoms with Gasteiger partial charge >= 0.3 is 5.97 Å². The first-order valence-corrected chi connectivity index (χ1v) is 6.25. The summed E-state index contributed by atoms with van der Waals surface area (Å²) in [5, 5.41) is 11.5. The molecule has 5 nitrogen and oxygen atoms in total. The van der Waals surface area contributed by atoms with Gasteiger partial charge in [-0.25, -0.2) is 4.79 Å². The monoisotopic (exact) mass is 259 g/mol.